The largest absolute Gasteiger partial charge is 0.493 e. The second kappa shape index (κ2) is 9.10. The highest BCUT2D eigenvalue weighted by atomic mass is 79.9. The molecule has 8 nitrogen and oxygen atoms in total. The van der Waals surface area contributed by atoms with Gasteiger partial charge in [0.2, 0.25) is 10.0 Å². The summed E-state index contributed by atoms with van der Waals surface area (Å²) in [6.45, 7) is 0. The van der Waals surface area contributed by atoms with Crippen molar-refractivity contribution in [2.75, 3.05) is 14.2 Å². The molecule has 0 bridgehead atoms. The lowest BCUT2D eigenvalue weighted by molar-refractivity contribution is -0.115. The number of carbonyl (C=O) groups excluding carboxylic acids is 1. The van der Waals surface area contributed by atoms with Crippen LogP contribution in [0.1, 0.15) is 5.56 Å². The maximum atomic E-state index is 12.4. The van der Waals surface area contributed by atoms with Crippen LogP contribution >= 0.6 is 43.6 Å². The van der Waals surface area contributed by atoms with Crippen LogP contribution in [0.25, 0.3) is 6.08 Å². The van der Waals surface area contributed by atoms with Gasteiger partial charge in [0.15, 0.2) is 16.7 Å². The first-order valence-electron chi connectivity index (χ1n) is 8.16. The van der Waals surface area contributed by atoms with Gasteiger partial charge in [0.1, 0.15) is 0 Å². The Balaban J connectivity index is 1.90. The number of thioether (sulfide) groups is 1. The maximum Gasteiger partial charge on any atom is 0.264 e. The average Bonchev–Trinajstić information content (AvgIpc) is 3.03. The Kier molecular flexibility index (Phi) is 6.92. The number of methoxy groups -OCH3 is 2. The Morgan fingerprint density at radius 3 is 2.37 bits per heavy atom. The van der Waals surface area contributed by atoms with Gasteiger partial charge in [-0.3, -0.25) is 4.79 Å². The van der Waals surface area contributed by atoms with Gasteiger partial charge in [-0.05, 0) is 85.6 Å². The van der Waals surface area contributed by atoms with E-state index >= 15 is 0 Å². The Bertz CT molecular complexity index is 1180. The van der Waals surface area contributed by atoms with Gasteiger partial charge >= 0.3 is 0 Å². The Labute approximate surface area is 194 Å². The zero-order valence-corrected chi connectivity index (χ0v) is 20.4. The van der Waals surface area contributed by atoms with Crippen LogP contribution in [0.3, 0.4) is 0 Å². The SMILES string of the molecule is COc1cc(/C=C2\SC(=Nc3ccc(S(N)(=O)=O)cc3)NC2=O)c(Br)c(Br)c1OC. The van der Waals surface area contributed by atoms with E-state index in [1.54, 1.807) is 12.1 Å². The zero-order valence-electron chi connectivity index (χ0n) is 15.6. The second-order valence-corrected chi connectivity index (χ2v) is 10.0. The van der Waals surface area contributed by atoms with Crippen molar-refractivity contribution in [2.24, 2.45) is 10.1 Å². The topological polar surface area (TPSA) is 120 Å². The molecule has 1 aliphatic rings. The third-order valence-electron chi connectivity index (χ3n) is 3.91. The molecular weight excluding hydrogens is 562 g/mol. The number of halogens is 2. The summed E-state index contributed by atoms with van der Waals surface area (Å²) < 4.78 is 34.7. The summed E-state index contributed by atoms with van der Waals surface area (Å²) >= 11 is 8.11. The molecule has 3 rings (SSSR count). The number of nitrogens with two attached hydrogens (primary N) is 1. The Morgan fingerprint density at radius 1 is 1.13 bits per heavy atom. The molecule has 1 aliphatic heterocycles. The monoisotopic (exact) mass is 575 g/mol. The van der Waals surface area contributed by atoms with Crippen LogP contribution in [0.5, 0.6) is 11.5 Å². The molecule has 3 N–H and O–H groups in total. The van der Waals surface area contributed by atoms with E-state index in [2.05, 4.69) is 42.2 Å². The number of benzene rings is 2. The number of sulfonamides is 1. The summed E-state index contributed by atoms with van der Waals surface area (Å²) in [5, 5.41) is 8.13. The van der Waals surface area contributed by atoms with Crippen LogP contribution in [0.4, 0.5) is 5.69 Å². The van der Waals surface area contributed by atoms with Crippen molar-refractivity contribution in [3.05, 3.63) is 49.7 Å². The van der Waals surface area contributed by atoms with E-state index in [1.807, 2.05) is 0 Å². The van der Waals surface area contributed by atoms with Crippen LogP contribution in [0.2, 0.25) is 0 Å². The number of nitrogens with one attached hydrogen (secondary N) is 1. The van der Waals surface area contributed by atoms with E-state index in [1.165, 1.54) is 38.5 Å². The molecular formula is C18H15Br2N3O5S2. The van der Waals surface area contributed by atoms with Gasteiger partial charge < -0.3 is 14.8 Å². The van der Waals surface area contributed by atoms with Crippen molar-refractivity contribution >= 4 is 76.5 Å². The van der Waals surface area contributed by atoms with Crippen molar-refractivity contribution in [2.45, 2.75) is 4.90 Å². The standard InChI is InChI=1S/C18H15Br2N3O5S2/c1-27-12-7-9(14(19)15(20)16(12)28-2)8-13-17(24)23-18(29-13)22-10-3-5-11(6-4-10)30(21,25)26/h3-8H,1-2H3,(H2,21,25,26)(H,22,23,24)/b13-8-. The molecule has 0 spiro atoms. The minimum atomic E-state index is -3.78. The molecule has 2 aromatic carbocycles. The Morgan fingerprint density at radius 2 is 1.80 bits per heavy atom. The van der Waals surface area contributed by atoms with Gasteiger partial charge in [-0.25, -0.2) is 18.5 Å². The molecule has 158 valence electrons. The van der Waals surface area contributed by atoms with E-state index in [0.717, 1.165) is 11.8 Å². The van der Waals surface area contributed by atoms with Gasteiger partial charge in [-0.2, -0.15) is 0 Å². The lowest BCUT2D eigenvalue weighted by Gasteiger charge is -2.13. The molecule has 1 amide bonds. The molecule has 1 heterocycles. The van der Waals surface area contributed by atoms with E-state index < -0.39 is 10.0 Å². The highest BCUT2D eigenvalue weighted by Gasteiger charge is 2.25. The zero-order chi connectivity index (χ0) is 22.1. The minimum absolute atomic E-state index is 0.0148. The van der Waals surface area contributed by atoms with Gasteiger partial charge in [0, 0.05) is 4.47 Å². The normalized spacial score (nSPS) is 16.8. The number of primary sulfonamides is 1. The first-order valence-corrected chi connectivity index (χ1v) is 12.1. The average molecular weight is 577 g/mol. The van der Waals surface area contributed by atoms with Crippen LogP contribution in [0.15, 0.2) is 54.1 Å². The predicted molar refractivity (Wildman–Crippen MR) is 124 cm³/mol. The minimum Gasteiger partial charge on any atom is -0.493 e. The fourth-order valence-corrected chi connectivity index (χ4v) is 4.84. The third kappa shape index (κ3) is 4.89. The van der Waals surface area contributed by atoms with Gasteiger partial charge in [-0.15, -0.1) is 0 Å². The summed E-state index contributed by atoms with van der Waals surface area (Å²) in [5.74, 6) is 0.727. The summed E-state index contributed by atoms with van der Waals surface area (Å²) in [6.07, 6.45) is 1.70. The second-order valence-electron chi connectivity index (χ2n) is 5.85. The van der Waals surface area contributed by atoms with Gasteiger partial charge in [-0.1, -0.05) is 0 Å². The van der Waals surface area contributed by atoms with Crippen molar-refractivity contribution < 1.29 is 22.7 Å². The first-order chi connectivity index (χ1) is 14.1. The quantitative estimate of drug-likeness (QED) is 0.523. The number of ether oxygens (including phenoxy) is 2. The molecule has 0 unspecified atom stereocenters. The number of aliphatic imine (C=N–C) groups is 1. The molecule has 2 aromatic rings. The molecule has 0 aromatic heterocycles. The molecule has 0 atom stereocenters. The maximum absolute atomic E-state index is 12.4. The Hall–Kier alpha value is -1.86. The predicted octanol–water partition coefficient (Wildman–Crippen LogP) is 3.77. The first kappa shape index (κ1) is 22.8. The number of hydrogen-bond acceptors (Lipinski definition) is 7. The van der Waals surface area contributed by atoms with Crippen molar-refractivity contribution in [3.63, 3.8) is 0 Å². The van der Waals surface area contributed by atoms with Crippen molar-refractivity contribution in [1.29, 1.82) is 0 Å². The summed E-state index contributed by atoms with van der Waals surface area (Å²) in [7, 11) is -0.718. The number of rotatable bonds is 5. The van der Waals surface area contributed by atoms with Crippen LogP contribution in [0, 0.1) is 0 Å². The number of hydrogen-bond donors (Lipinski definition) is 2. The third-order valence-corrected chi connectivity index (χ3v) is 7.90. The number of carbonyl (C=O) groups is 1. The summed E-state index contributed by atoms with van der Waals surface area (Å²) in [6, 6.07) is 7.46. The lowest BCUT2D eigenvalue weighted by Crippen LogP contribution is -2.19. The number of amides is 1. The summed E-state index contributed by atoms with van der Waals surface area (Å²) in [4.78, 5) is 17.1. The van der Waals surface area contributed by atoms with E-state index in [-0.39, 0.29) is 10.8 Å². The van der Waals surface area contributed by atoms with Crippen molar-refractivity contribution in [3.8, 4) is 11.5 Å². The van der Waals surface area contributed by atoms with Crippen LogP contribution in [-0.4, -0.2) is 33.7 Å². The van der Waals surface area contributed by atoms with E-state index in [0.29, 0.717) is 41.8 Å². The molecule has 0 radical (unpaired) electrons. The van der Waals surface area contributed by atoms with Crippen LogP contribution in [-0.2, 0) is 14.8 Å². The van der Waals surface area contributed by atoms with Gasteiger partial charge in [0.25, 0.3) is 5.91 Å². The number of amidine groups is 1. The molecule has 0 saturated carbocycles. The van der Waals surface area contributed by atoms with Gasteiger partial charge in [0.05, 0.1) is 34.2 Å². The lowest BCUT2D eigenvalue weighted by atomic mass is 10.2. The van der Waals surface area contributed by atoms with Crippen LogP contribution < -0.4 is 19.9 Å². The number of nitrogens with zero attached hydrogens (tertiary/aromatic N) is 1. The molecule has 1 saturated heterocycles. The van der Waals surface area contributed by atoms with E-state index in [4.69, 9.17) is 14.6 Å². The van der Waals surface area contributed by atoms with Crippen molar-refractivity contribution in [1.82, 2.24) is 5.32 Å². The molecule has 30 heavy (non-hydrogen) atoms. The summed E-state index contributed by atoms with van der Waals surface area (Å²) in [5.41, 5.74) is 1.18. The fourth-order valence-electron chi connectivity index (χ4n) is 2.50. The highest BCUT2D eigenvalue weighted by Crippen LogP contribution is 2.43. The fraction of sp³-hybridized carbons (Fsp3) is 0.111. The molecule has 0 aliphatic carbocycles. The van der Waals surface area contributed by atoms with E-state index in [9.17, 15) is 13.2 Å². The molecule has 12 heteroatoms. The highest BCUT2D eigenvalue weighted by molar-refractivity contribution is 9.13. The smallest absolute Gasteiger partial charge is 0.264 e. The molecule has 1 fully saturated rings.